The van der Waals surface area contributed by atoms with E-state index in [1.165, 1.54) is 25.5 Å². The second-order valence-corrected chi connectivity index (χ2v) is 4.78. The molecule has 0 atom stereocenters. The maximum Gasteiger partial charge on any atom is 0.233 e. The summed E-state index contributed by atoms with van der Waals surface area (Å²) in [6, 6.07) is 0. The van der Waals surface area contributed by atoms with Gasteiger partial charge in [0.05, 0.1) is 17.9 Å². The third kappa shape index (κ3) is 3.06. The molecular weight excluding hydrogens is 226 g/mol. The van der Waals surface area contributed by atoms with Gasteiger partial charge in [0.1, 0.15) is 6.61 Å². The number of hydrogen-bond acceptors (Lipinski definition) is 4. The highest BCUT2D eigenvalue weighted by atomic mass is 35.5. The molecule has 1 aromatic rings. The second kappa shape index (κ2) is 4.97. The summed E-state index contributed by atoms with van der Waals surface area (Å²) in [4.78, 5) is 7.92. The van der Waals surface area contributed by atoms with Crippen molar-refractivity contribution >= 4 is 11.6 Å². The Labute approximate surface area is 100 Å². The van der Waals surface area contributed by atoms with Crippen LogP contribution in [0, 0.1) is 0 Å². The van der Waals surface area contributed by atoms with Crippen LogP contribution in [0.3, 0.4) is 0 Å². The third-order valence-electron chi connectivity index (χ3n) is 2.94. The van der Waals surface area contributed by atoms with Crippen molar-refractivity contribution in [2.75, 3.05) is 6.61 Å². The maximum atomic E-state index is 6.24. The fourth-order valence-electron chi connectivity index (χ4n) is 2.01. The van der Waals surface area contributed by atoms with Crippen molar-refractivity contribution in [3.63, 3.8) is 0 Å². The van der Waals surface area contributed by atoms with Crippen molar-refractivity contribution in [1.82, 2.24) is 9.97 Å². The fourth-order valence-corrected chi connectivity index (χ4v) is 2.15. The van der Waals surface area contributed by atoms with E-state index in [0.29, 0.717) is 17.6 Å². The van der Waals surface area contributed by atoms with Gasteiger partial charge in [-0.25, -0.2) is 0 Å². The largest absolute Gasteiger partial charge is 0.475 e. The molecule has 88 valence electrons. The Morgan fingerprint density at radius 2 is 2.06 bits per heavy atom. The van der Waals surface area contributed by atoms with E-state index in [0.717, 1.165) is 12.8 Å². The molecule has 0 spiro atoms. The van der Waals surface area contributed by atoms with E-state index in [-0.39, 0.29) is 5.54 Å². The smallest absolute Gasteiger partial charge is 0.233 e. The first-order valence-electron chi connectivity index (χ1n) is 5.57. The van der Waals surface area contributed by atoms with Crippen LogP contribution in [0.2, 0.25) is 5.15 Å². The van der Waals surface area contributed by atoms with E-state index in [1.807, 2.05) is 0 Å². The maximum absolute atomic E-state index is 6.24. The van der Waals surface area contributed by atoms with Crippen molar-refractivity contribution in [3.05, 3.63) is 17.5 Å². The number of rotatable bonds is 3. The summed E-state index contributed by atoms with van der Waals surface area (Å²) in [5.74, 6) is 0.447. The van der Waals surface area contributed by atoms with Crippen LogP contribution in [-0.4, -0.2) is 22.1 Å². The van der Waals surface area contributed by atoms with Crippen LogP contribution in [-0.2, 0) is 0 Å². The summed E-state index contributed by atoms with van der Waals surface area (Å²) < 4.78 is 5.55. The number of nitrogens with two attached hydrogens (primary N) is 1. The normalized spacial score (nSPS) is 19.4. The standard InChI is InChI=1S/C11H16ClN3O/c12-9-6-14-7-10(15-9)16-8-11(13)4-2-1-3-5-11/h6-7H,1-5,8,13H2. The number of ether oxygens (including phenoxy) is 1. The average Bonchev–Trinajstić information content (AvgIpc) is 2.28. The number of aromatic nitrogens is 2. The van der Waals surface area contributed by atoms with E-state index < -0.39 is 0 Å². The lowest BCUT2D eigenvalue weighted by molar-refractivity contribution is 0.168. The Morgan fingerprint density at radius 1 is 1.31 bits per heavy atom. The van der Waals surface area contributed by atoms with Crippen LogP contribution in [0.1, 0.15) is 32.1 Å². The Kier molecular flexibility index (Phi) is 3.61. The molecule has 0 aliphatic heterocycles. The van der Waals surface area contributed by atoms with Crippen molar-refractivity contribution < 1.29 is 4.74 Å². The highest BCUT2D eigenvalue weighted by Gasteiger charge is 2.28. The predicted octanol–water partition coefficient (Wildman–Crippen LogP) is 2.17. The molecule has 1 aliphatic carbocycles. The third-order valence-corrected chi connectivity index (χ3v) is 3.12. The van der Waals surface area contributed by atoms with Gasteiger partial charge in [-0.1, -0.05) is 30.9 Å². The molecule has 4 nitrogen and oxygen atoms in total. The van der Waals surface area contributed by atoms with Crippen LogP contribution in [0.15, 0.2) is 12.4 Å². The molecule has 0 saturated heterocycles. The van der Waals surface area contributed by atoms with Gasteiger partial charge in [-0.15, -0.1) is 0 Å². The highest BCUT2D eigenvalue weighted by molar-refractivity contribution is 6.29. The number of halogens is 1. The molecule has 0 aromatic carbocycles. The Morgan fingerprint density at radius 3 is 2.75 bits per heavy atom. The molecule has 5 heteroatoms. The molecule has 16 heavy (non-hydrogen) atoms. The first-order chi connectivity index (χ1) is 7.68. The van der Waals surface area contributed by atoms with Gasteiger partial charge in [0.25, 0.3) is 0 Å². The summed E-state index contributed by atoms with van der Waals surface area (Å²) in [7, 11) is 0. The van der Waals surface area contributed by atoms with Gasteiger partial charge < -0.3 is 10.5 Å². The molecule has 1 heterocycles. The van der Waals surface area contributed by atoms with Crippen molar-refractivity contribution in [1.29, 1.82) is 0 Å². The Bertz CT molecular complexity index is 353. The molecule has 2 rings (SSSR count). The first-order valence-corrected chi connectivity index (χ1v) is 5.95. The molecule has 1 aromatic heterocycles. The summed E-state index contributed by atoms with van der Waals surface area (Å²) in [5.41, 5.74) is 6.03. The zero-order valence-electron chi connectivity index (χ0n) is 9.16. The highest BCUT2D eigenvalue weighted by Crippen LogP contribution is 2.26. The Balaban J connectivity index is 1.91. The molecule has 0 amide bonds. The van der Waals surface area contributed by atoms with Gasteiger partial charge in [0, 0.05) is 0 Å². The minimum atomic E-state index is -0.206. The molecule has 1 saturated carbocycles. The van der Waals surface area contributed by atoms with Crippen LogP contribution in [0.4, 0.5) is 0 Å². The van der Waals surface area contributed by atoms with Crippen molar-refractivity contribution in [2.24, 2.45) is 5.73 Å². The summed E-state index contributed by atoms with van der Waals surface area (Å²) >= 11 is 5.72. The van der Waals surface area contributed by atoms with Gasteiger partial charge in [-0.2, -0.15) is 4.98 Å². The lowest BCUT2D eigenvalue weighted by atomic mass is 9.83. The van der Waals surface area contributed by atoms with Crippen molar-refractivity contribution in [2.45, 2.75) is 37.6 Å². The summed E-state index contributed by atoms with van der Waals surface area (Å²) in [5, 5.41) is 0.340. The average molecular weight is 242 g/mol. The predicted molar refractivity (Wildman–Crippen MR) is 62.5 cm³/mol. The topological polar surface area (TPSA) is 61.0 Å². The first kappa shape index (κ1) is 11.6. The van der Waals surface area contributed by atoms with E-state index in [2.05, 4.69) is 9.97 Å². The lowest BCUT2D eigenvalue weighted by Gasteiger charge is -2.32. The van der Waals surface area contributed by atoms with E-state index in [9.17, 15) is 0 Å². The van der Waals surface area contributed by atoms with Gasteiger partial charge in [-0.05, 0) is 12.8 Å². The van der Waals surface area contributed by atoms with E-state index in [1.54, 1.807) is 6.20 Å². The SMILES string of the molecule is NC1(COc2cncc(Cl)n2)CCCCC1. The van der Waals surface area contributed by atoms with Gasteiger partial charge in [0.2, 0.25) is 5.88 Å². The molecule has 1 fully saturated rings. The molecule has 2 N–H and O–H groups in total. The minimum Gasteiger partial charge on any atom is -0.475 e. The number of nitrogens with zero attached hydrogens (tertiary/aromatic N) is 2. The van der Waals surface area contributed by atoms with E-state index >= 15 is 0 Å². The van der Waals surface area contributed by atoms with Crippen LogP contribution in [0.5, 0.6) is 5.88 Å². The van der Waals surface area contributed by atoms with Crippen LogP contribution >= 0.6 is 11.6 Å². The molecule has 1 aliphatic rings. The second-order valence-electron chi connectivity index (χ2n) is 4.39. The van der Waals surface area contributed by atoms with Crippen LogP contribution in [0.25, 0.3) is 0 Å². The summed E-state index contributed by atoms with van der Waals surface area (Å²) in [6.45, 7) is 0.488. The Hall–Kier alpha value is -0.870. The molecule has 0 bridgehead atoms. The minimum absolute atomic E-state index is 0.206. The zero-order chi connectivity index (χ0) is 11.4. The zero-order valence-corrected chi connectivity index (χ0v) is 9.91. The summed E-state index contributed by atoms with van der Waals surface area (Å²) in [6.07, 6.45) is 8.70. The van der Waals surface area contributed by atoms with E-state index in [4.69, 9.17) is 22.1 Å². The lowest BCUT2D eigenvalue weighted by Crippen LogP contribution is -2.47. The molecule has 0 radical (unpaired) electrons. The monoisotopic (exact) mass is 241 g/mol. The van der Waals surface area contributed by atoms with Gasteiger partial charge in [0.15, 0.2) is 5.15 Å². The quantitative estimate of drug-likeness (QED) is 0.881. The molecular formula is C11H16ClN3O. The van der Waals surface area contributed by atoms with Gasteiger partial charge in [-0.3, -0.25) is 4.98 Å². The fraction of sp³-hybridized carbons (Fsp3) is 0.636. The molecule has 0 unspecified atom stereocenters. The van der Waals surface area contributed by atoms with Crippen molar-refractivity contribution in [3.8, 4) is 5.88 Å². The number of hydrogen-bond donors (Lipinski definition) is 1. The van der Waals surface area contributed by atoms with Crippen LogP contribution < -0.4 is 10.5 Å². The van der Waals surface area contributed by atoms with Gasteiger partial charge >= 0.3 is 0 Å².